The number of methoxy groups -OCH3 is 1. The van der Waals surface area contributed by atoms with Crippen LogP contribution >= 0.6 is 11.6 Å². The highest BCUT2D eigenvalue weighted by Gasteiger charge is 2.41. The Labute approximate surface area is 225 Å². The van der Waals surface area contributed by atoms with Crippen LogP contribution in [0.25, 0.3) is 22.2 Å². The number of carbonyl (C=O) groups excluding carboxylic acids is 1. The molecule has 3 heterocycles. The Morgan fingerprint density at radius 3 is 2.53 bits per heavy atom. The molecule has 2 aliphatic heterocycles. The van der Waals surface area contributed by atoms with Crippen molar-refractivity contribution in [2.24, 2.45) is 0 Å². The minimum Gasteiger partial charge on any atom is -0.465 e. The molecule has 0 aliphatic carbocycles. The summed E-state index contributed by atoms with van der Waals surface area (Å²) in [7, 11) is 1.33. The number of hydrogen-bond donors (Lipinski definition) is 1. The van der Waals surface area contributed by atoms with E-state index in [9.17, 15) is 18.0 Å². The van der Waals surface area contributed by atoms with E-state index >= 15 is 0 Å². The summed E-state index contributed by atoms with van der Waals surface area (Å²) in [6.07, 6.45) is 0.840. The molecule has 38 heavy (non-hydrogen) atoms. The second-order valence-electron chi connectivity index (χ2n) is 10.4. The molecule has 1 N–H and O–H groups in total. The third kappa shape index (κ3) is 5.26. The Balaban J connectivity index is 1.77. The van der Waals surface area contributed by atoms with Crippen molar-refractivity contribution >= 4 is 28.5 Å². The van der Waals surface area contributed by atoms with Gasteiger partial charge in [0.2, 0.25) is 0 Å². The SMILES string of the molecule is COC(=O)c1c(C[N+]2(C3CCNCC3)CCCCC2)c(-c2cccc(C(F)(F)F)c2)nc2cc(Cl)ccc12. The number of pyridine rings is 1. The van der Waals surface area contributed by atoms with Gasteiger partial charge in [-0.05, 0) is 43.5 Å². The number of quaternary nitrogens is 1. The van der Waals surface area contributed by atoms with Crippen LogP contribution in [0, 0.1) is 0 Å². The summed E-state index contributed by atoms with van der Waals surface area (Å²) in [6.45, 7) is 4.30. The van der Waals surface area contributed by atoms with Gasteiger partial charge in [-0.15, -0.1) is 0 Å². The summed E-state index contributed by atoms with van der Waals surface area (Å²) >= 11 is 6.27. The average molecular weight is 547 g/mol. The lowest BCUT2D eigenvalue weighted by atomic mass is 9.91. The predicted molar refractivity (Wildman–Crippen MR) is 142 cm³/mol. The number of alkyl halides is 3. The number of likely N-dealkylation sites (tertiary alicyclic amines) is 1. The number of rotatable bonds is 5. The van der Waals surface area contributed by atoms with Crippen molar-refractivity contribution in [3.05, 3.63) is 64.2 Å². The lowest BCUT2D eigenvalue weighted by Crippen LogP contribution is -2.60. The Kier molecular flexibility index (Phi) is 7.67. The van der Waals surface area contributed by atoms with Gasteiger partial charge in [0.25, 0.3) is 0 Å². The van der Waals surface area contributed by atoms with Crippen LogP contribution < -0.4 is 5.32 Å². The van der Waals surface area contributed by atoms with Crippen molar-refractivity contribution in [3.63, 3.8) is 0 Å². The summed E-state index contributed by atoms with van der Waals surface area (Å²) in [4.78, 5) is 18.3. The van der Waals surface area contributed by atoms with Gasteiger partial charge in [-0.2, -0.15) is 13.2 Å². The normalized spacial score (nSPS) is 18.4. The molecular formula is C29H32ClF3N3O2+. The topological polar surface area (TPSA) is 51.2 Å². The van der Waals surface area contributed by atoms with Crippen molar-refractivity contribution in [1.82, 2.24) is 10.3 Å². The molecule has 0 spiro atoms. The van der Waals surface area contributed by atoms with Gasteiger partial charge in [0.1, 0.15) is 6.54 Å². The maximum Gasteiger partial charge on any atom is 0.416 e. The molecule has 0 radical (unpaired) electrons. The first kappa shape index (κ1) is 26.9. The van der Waals surface area contributed by atoms with Gasteiger partial charge >= 0.3 is 12.1 Å². The van der Waals surface area contributed by atoms with E-state index in [0.717, 1.165) is 74.9 Å². The zero-order chi connectivity index (χ0) is 26.9. The van der Waals surface area contributed by atoms with Gasteiger partial charge in [-0.1, -0.05) is 29.8 Å². The van der Waals surface area contributed by atoms with Gasteiger partial charge in [0, 0.05) is 47.5 Å². The van der Waals surface area contributed by atoms with Crippen LogP contribution in [0.3, 0.4) is 0 Å². The Bertz CT molecular complexity index is 1330. The number of carbonyl (C=O) groups is 1. The van der Waals surface area contributed by atoms with E-state index in [0.29, 0.717) is 50.9 Å². The predicted octanol–water partition coefficient (Wildman–Crippen LogP) is 6.61. The highest BCUT2D eigenvalue weighted by Crippen LogP contribution is 2.39. The van der Waals surface area contributed by atoms with Crippen LogP contribution in [0.15, 0.2) is 42.5 Å². The second-order valence-corrected chi connectivity index (χ2v) is 10.8. The van der Waals surface area contributed by atoms with Crippen molar-refractivity contribution in [2.45, 2.75) is 50.9 Å². The first-order valence-corrected chi connectivity index (χ1v) is 13.5. The van der Waals surface area contributed by atoms with Crippen molar-refractivity contribution in [3.8, 4) is 11.3 Å². The number of nitrogens with one attached hydrogen (secondary N) is 1. The van der Waals surface area contributed by atoms with E-state index in [1.807, 2.05) is 0 Å². The fraction of sp³-hybridized carbons (Fsp3) is 0.448. The van der Waals surface area contributed by atoms with Crippen molar-refractivity contribution < 1.29 is 27.2 Å². The fourth-order valence-corrected chi connectivity index (χ4v) is 6.48. The number of halogens is 4. The smallest absolute Gasteiger partial charge is 0.416 e. The van der Waals surface area contributed by atoms with E-state index in [2.05, 4.69) is 5.32 Å². The number of hydrogen-bond acceptors (Lipinski definition) is 4. The minimum atomic E-state index is -4.50. The highest BCUT2D eigenvalue weighted by atomic mass is 35.5. The van der Waals surface area contributed by atoms with E-state index in [4.69, 9.17) is 21.3 Å². The minimum absolute atomic E-state index is 0.322. The third-order valence-corrected chi connectivity index (χ3v) is 8.40. The Hall–Kier alpha value is -2.68. The van der Waals surface area contributed by atoms with Crippen LogP contribution in [0.4, 0.5) is 13.2 Å². The molecule has 0 bridgehead atoms. The average Bonchev–Trinajstić information content (AvgIpc) is 2.93. The zero-order valence-corrected chi connectivity index (χ0v) is 22.2. The van der Waals surface area contributed by atoms with E-state index in [1.165, 1.54) is 13.2 Å². The molecule has 2 aromatic carbocycles. The molecule has 3 aromatic rings. The molecule has 1 aromatic heterocycles. The highest BCUT2D eigenvalue weighted by molar-refractivity contribution is 6.31. The van der Waals surface area contributed by atoms with Gasteiger partial charge in [0.15, 0.2) is 0 Å². The van der Waals surface area contributed by atoms with Gasteiger partial charge in [0.05, 0.1) is 48.6 Å². The molecule has 2 aliphatic rings. The number of ether oxygens (including phenoxy) is 1. The summed E-state index contributed by atoms with van der Waals surface area (Å²) in [6, 6.07) is 10.7. The van der Waals surface area contributed by atoms with Crippen LogP contribution in [0.5, 0.6) is 0 Å². The maximum atomic E-state index is 13.7. The zero-order valence-electron chi connectivity index (χ0n) is 21.4. The first-order valence-electron chi connectivity index (χ1n) is 13.2. The number of esters is 1. The van der Waals surface area contributed by atoms with Gasteiger partial charge < -0.3 is 14.5 Å². The third-order valence-electron chi connectivity index (χ3n) is 8.17. The van der Waals surface area contributed by atoms with Crippen LogP contribution in [0.2, 0.25) is 5.02 Å². The number of nitrogens with zero attached hydrogens (tertiary/aromatic N) is 2. The molecule has 0 unspecified atom stereocenters. The largest absolute Gasteiger partial charge is 0.465 e. The van der Waals surface area contributed by atoms with E-state index < -0.39 is 17.7 Å². The maximum absolute atomic E-state index is 13.7. The number of aromatic nitrogens is 1. The lowest BCUT2D eigenvalue weighted by molar-refractivity contribution is -0.968. The molecular weight excluding hydrogens is 515 g/mol. The Morgan fingerprint density at radius 1 is 1.11 bits per heavy atom. The quantitative estimate of drug-likeness (QED) is 0.289. The summed E-state index contributed by atoms with van der Waals surface area (Å²) in [5, 5.41) is 4.46. The standard InChI is InChI=1S/C29H32ClF3N3O2/c1-38-28(37)26-23-9-8-21(30)17-25(23)35-27(19-6-5-7-20(16-19)29(31,32)33)24(26)18-36(14-3-2-4-15-36)22-10-12-34-13-11-22/h5-9,16-17,22,34H,2-4,10-15,18H2,1H3/q+1. The summed E-state index contributed by atoms with van der Waals surface area (Å²) in [5.74, 6) is -0.525. The molecule has 0 atom stereocenters. The van der Waals surface area contributed by atoms with Crippen molar-refractivity contribution in [2.75, 3.05) is 33.3 Å². The summed E-state index contributed by atoms with van der Waals surface area (Å²) in [5.41, 5.74) is 1.39. The second kappa shape index (κ2) is 10.8. The molecule has 0 amide bonds. The first-order chi connectivity index (χ1) is 18.2. The fourth-order valence-electron chi connectivity index (χ4n) is 6.31. The van der Waals surface area contributed by atoms with Gasteiger partial charge in [-0.25, -0.2) is 9.78 Å². The molecule has 5 rings (SSSR count). The molecule has 2 fully saturated rings. The summed E-state index contributed by atoms with van der Waals surface area (Å²) < 4.78 is 47.2. The number of piperidine rings is 2. The molecule has 2 saturated heterocycles. The van der Waals surface area contributed by atoms with E-state index in [-0.39, 0.29) is 0 Å². The number of benzene rings is 2. The van der Waals surface area contributed by atoms with E-state index in [1.54, 1.807) is 24.3 Å². The molecule has 9 heteroatoms. The van der Waals surface area contributed by atoms with Crippen molar-refractivity contribution in [1.29, 1.82) is 0 Å². The molecule has 202 valence electrons. The monoisotopic (exact) mass is 546 g/mol. The van der Waals surface area contributed by atoms with Gasteiger partial charge in [-0.3, -0.25) is 0 Å². The van der Waals surface area contributed by atoms with Crippen LogP contribution in [-0.4, -0.2) is 54.8 Å². The Morgan fingerprint density at radius 2 is 1.84 bits per heavy atom. The molecule has 0 saturated carbocycles. The van der Waals surface area contributed by atoms with Crippen LogP contribution in [0.1, 0.15) is 53.6 Å². The molecule has 5 nitrogen and oxygen atoms in total. The van der Waals surface area contributed by atoms with Crippen LogP contribution in [-0.2, 0) is 17.5 Å². The number of fused-ring (bicyclic) bond motifs is 1. The lowest BCUT2D eigenvalue weighted by Gasteiger charge is -2.49.